The summed E-state index contributed by atoms with van der Waals surface area (Å²) in [7, 11) is 1.44. The quantitative estimate of drug-likeness (QED) is 0.887. The van der Waals surface area contributed by atoms with E-state index in [1.165, 1.54) is 7.11 Å². The molecule has 6 heteroatoms. The molecule has 2 amide bonds. The van der Waals surface area contributed by atoms with Gasteiger partial charge in [0.15, 0.2) is 0 Å². The van der Waals surface area contributed by atoms with Gasteiger partial charge in [-0.3, -0.25) is 9.59 Å². The van der Waals surface area contributed by atoms with Crippen LogP contribution in [0.5, 0.6) is 0 Å². The molecule has 0 aliphatic carbocycles. The van der Waals surface area contributed by atoms with Crippen LogP contribution in [0.25, 0.3) is 0 Å². The Labute approximate surface area is 128 Å². The van der Waals surface area contributed by atoms with Gasteiger partial charge in [0.2, 0.25) is 5.91 Å². The van der Waals surface area contributed by atoms with Crippen LogP contribution in [-0.2, 0) is 9.53 Å². The molecular weight excluding hydrogens is 282 g/mol. The van der Waals surface area contributed by atoms with Gasteiger partial charge in [-0.05, 0) is 42.8 Å². The van der Waals surface area contributed by atoms with Gasteiger partial charge in [0, 0.05) is 24.6 Å². The highest BCUT2D eigenvalue weighted by atomic mass is 16.5. The number of carbonyl (C=O) groups is 2. The Kier molecular flexibility index (Phi) is 5.21. The Bertz CT molecular complexity index is 686. The molecule has 0 unspecified atom stereocenters. The van der Waals surface area contributed by atoms with Gasteiger partial charge in [-0.25, -0.2) is 4.98 Å². The standard InChI is InChI=1S/C16H17N3O3/c1-11-6-7-17-14(8-11)19-16(21)12-4-3-5-13(9-12)18-15(20)10-22-2/h3-9H,10H2,1-2H3,(H,18,20)(H,17,19,21). The number of carbonyl (C=O) groups excluding carboxylic acids is 2. The zero-order chi connectivity index (χ0) is 15.9. The largest absolute Gasteiger partial charge is 0.375 e. The lowest BCUT2D eigenvalue weighted by Crippen LogP contribution is -2.18. The zero-order valence-corrected chi connectivity index (χ0v) is 12.4. The molecule has 0 spiro atoms. The summed E-state index contributed by atoms with van der Waals surface area (Å²) in [6, 6.07) is 10.3. The minimum atomic E-state index is -0.291. The molecule has 1 aromatic carbocycles. The average Bonchev–Trinajstić information content (AvgIpc) is 2.47. The number of ether oxygens (including phenoxy) is 1. The first-order valence-electron chi connectivity index (χ1n) is 6.71. The summed E-state index contributed by atoms with van der Waals surface area (Å²) in [5.41, 5.74) is 1.97. The van der Waals surface area contributed by atoms with E-state index in [4.69, 9.17) is 4.74 Å². The van der Waals surface area contributed by atoms with Gasteiger partial charge in [0.25, 0.3) is 5.91 Å². The molecule has 1 heterocycles. The molecule has 0 fully saturated rings. The number of pyridine rings is 1. The Morgan fingerprint density at radius 2 is 2.00 bits per heavy atom. The SMILES string of the molecule is COCC(=O)Nc1cccc(C(=O)Nc2cc(C)ccn2)c1. The summed E-state index contributed by atoms with van der Waals surface area (Å²) in [6.45, 7) is 1.88. The molecule has 0 bridgehead atoms. The number of anilines is 2. The number of amides is 2. The summed E-state index contributed by atoms with van der Waals surface area (Å²) in [6.07, 6.45) is 1.63. The molecule has 114 valence electrons. The van der Waals surface area contributed by atoms with Crippen LogP contribution < -0.4 is 10.6 Å². The normalized spacial score (nSPS) is 10.1. The second kappa shape index (κ2) is 7.33. The zero-order valence-electron chi connectivity index (χ0n) is 12.4. The van der Waals surface area contributed by atoms with Crippen LogP contribution in [-0.4, -0.2) is 30.5 Å². The minimum Gasteiger partial charge on any atom is -0.375 e. The number of benzene rings is 1. The maximum absolute atomic E-state index is 12.2. The van der Waals surface area contributed by atoms with Crippen LogP contribution in [0.4, 0.5) is 11.5 Å². The van der Waals surface area contributed by atoms with E-state index in [-0.39, 0.29) is 18.4 Å². The smallest absolute Gasteiger partial charge is 0.256 e. The highest BCUT2D eigenvalue weighted by Gasteiger charge is 2.09. The van der Waals surface area contributed by atoms with Gasteiger partial charge in [-0.2, -0.15) is 0 Å². The number of nitrogens with zero attached hydrogens (tertiary/aromatic N) is 1. The van der Waals surface area contributed by atoms with E-state index in [0.29, 0.717) is 17.1 Å². The first-order valence-corrected chi connectivity index (χ1v) is 6.71. The average molecular weight is 299 g/mol. The van der Waals surface area contributed by atoms with E-state index in [2.05, 4.69) is 15.6 Å². The fraction of sp³-hybridized carbons (Fsp3) is 0.188. The maximum Gasteiger partial charge on any atom is 0.256 e. The van der Waals surface area contributed by atoms with E-state index in [1.807, 2.05) is 13.0 Å². The van der Waals surface area contributed by atoms with Crippen molar-refractivity contribution < 1.29 is 14.3 Å². The number of nitrogens with one attached hydrogen (secondary N) is 2. The third-order valence-electron chi connectivity index (χ3n) is 2.84. The van der Waals surface area contributed by atoms with Crippen molar-refractivity contribution in [3.63, 3.8) is 0 Å². The van der Waals surface area contributed by atoms with Gasteiger partial charge in [0.1, 0.15) is 12.4 Å². The molecule has 2 aromatic rings. The first kappa shape index (κ1) is 15.7. The highest BCUT2D eigenvalue weighted by Crippen LogP contribution is 2.13. The summed E-state index contributed by atoms with van der Waals surface area (Å²) in [4.78, 5) is 27.8. The number of methoxy groups -OCH3 is 1. The van der Waals surface area contributed by atoms with Crippen LogP contribution in [0.3, 0.4) is 0 Å². The molecule has 2 N–H and O–H groups in total. The minimum absolute atomic E-state index is 0.0381. The summed E-state index contributed by atoms with van der Waals surface area (Å²) in [5.74, 6) is -0.0832. The van der Waals surface area contributed by atoms with E-state index >= 15 is 0 Å². The van der Waals surface area contributed by atoms with Crippen molar-refractivity contribution in [3.05, 3.63) is 53.7 Å². The fourth-order valence-electron chi connectivity index (χ4n) is 1.86. The second-order valence-electron chi connectivity index (χ2n) is 4.73. The van der Waals surface area contributed by atoms with Crippen molar-refractivity contribution in [2.24, 2.45) is 0 Å². The fourth-order valence-corrected chi connectivity index (χ4v) is 1.86. The lowest BCUT2D eigenvalue weighted by Gasteiger charge is -2.08. The third kappa shape index (κ3) is 4.39. The predicted molar refractivity (Wildman–Crippen MR) is 83.9 cm³/mol. The molecule has 22 heavy (non-hydrogen) atoms. The Morgan fingerprint density at radius 1 is 1.18 bits per heavy atom. The second-order valence-corrected chi connectivity index (χ2v) is 4.73. The molecule has 1 aromatic heterocycles. The lowest BCUT2D eigenvalue weighted by atomic mass is 10.2. The Hall–Kier alpha value is -2.73. The van der Waals surface area contributed by atoms with Crippen molar-refractivity contribution in [1.82, 2.24) is 4.98 Å². The van der Waals surface area contributed by atoms with E-state index in [9.17, 15) is 9.59 Å². The number of aromatic nitrogens is 1. The number of hydrogen-bond donors (Lipinski definition) is 2. The summed E-state index contributed by atoms with van der Waals surface area (Å²) >= 11 is 0. The topological polar surface area (TPSA) is 80.3 Å². The van der Waals surface area contributed by atoms with Crippen molar-refractivity contribution in [2.75, 3.05) is 24.4 Å². The van der Waals surface area contributed by atoms with E-state index < -0.39 is 0 Å². The molecule has 0 radical (unpaired) electrons. The summed E-state index contributed by atoms with van der Waals surface area (Å²) < 4.78 is 4.74. The van der Waals surface area contributed by atoms with Crippen molar-refractivity contribution in [3.8, 4) is 0 Å². The van der Waals surface area contributed by atoms with Gasteiger partial charge >= 0.3 is 0 Å². The number of hydrogen-bond acceptors (Lipinski definition) is 4. The van der Waals surface area contributed by atoms with Crippen molar-refractivity contribution in [2.45, 2.75) is 6.92 Å². The van der Waals surface area contributed by atoms with Crippen molar-refractivity contribution >= 4 is 23.3 Å². The van der Waals surface area contributed by atoms with Crippen LogP contribution in [0.1, 0.15) is 15.9 Å². The van der Waals surface area contributed by atoms with E-state index in [0.717, 1.165) is 5.56 Å². The van der Waals surface area contributed by atoms with Crippen molar-refractivity contribution in [1.29, 1.82) is 0 Å². The van der Waals surface area contributed by atoms with Gasteiger partial charge in [-0.1, -0.05) is 6.07 Å². The third-order valence-corrected chi connectivity index (χ3v) is 2.84. The van der Waals surface area contributed by atoms with Crippen LogP contribution in [0, 0.1) is 6.92 Å². The van der Waals surface area contributed by atoms with Gasteiger partial charge < -0.3 is 15.4 Å². The van der Waals surface area contributed by atoms with Gasteiger partial charge in [0.05, 0.1) is 0 Å². The molecule has 0 atom stereocenters. The van der Waals surface area contributed by atoms with Crippen LogP contribution >= 0.6 is 0 Å². The molecule has 0 saturated carbocycles. The lowest BCUT2D eigenvalue weighted by molar-refractivity contribution is -0.119. The van der Waals surface area contributed by atoms with Crippen LogP contribution in [0.2, 0.25) is 0 Å². The summed E-state index contributed by atoms with van der Waals surface area (Å²) in [5, 5.41) is 5.37. The predicted octanol–water partition coefficient (Wildman–Crippen LogP) is 2.23. The molecule has 0 saturated heterocycles. The van der Waals surface area contributed by atoms with Crippen LogP contribution in [0.15, 0.2) is 42.6 Å². The highest BCUT2D eigenvalue weighted by molar-refractivity contribution is 6.05. The maximum atomic E-state index is 12.2. The number of aryl methyl sites for hydroxylation is 1. The Balaban J connectivity index is 2.08. The molecule has 2 rings (SSSR count). The molecule has 0 aliphatic heterocycles. The molecular formula is C16H17N3O3. The monoisotopic (exact) mass is 299 g/mol. The molecule has 0 aliphatic rings. The number of rotatable bonds is 5. The van der Waals surface area contributed by atoms with Gasteiger partial charge in [-0.15, -0.1) is 0 Å². The Morgan fingerprint density at radius 3 is 2.73 bits per heavy atom. The first-order chi connectivity index (χ1) is 10.6. The van der Waals surface area contributed by atoms with E-state index in [1.54, 1.807) is 36.5 Å². The molecule has 6 nitrogen and oxygen atoms in total.